The fraction of sp³-hybridized carbons (Fsp3) is 0.474. The van der Waals surface area contributed by atoms with Gasteiger partial charge in [-0.05, 0) is 30.4 Å². The Bertz CT molecular complexity index is 702. The number of aryl methyl sites for hydroxylation is 1. The lowest BCUT2D eigenvalue weighted by molar-refractivity contribution is 0.0146. The number of rotatable bonds is 6. The topological polar surface area (TPSA) is 55.6 Å². The Balaban J connectivity index is 1.54. The fourth-order valence-corrected chi connectivity index (χ4v) is 2.85. The largest absolute Gasteiger partial charge is 0.486 e. The second-order valence-corrected chi connectivity index (χ2v) is 6.69. The fourth-order valence-electron chi connectivity index (χ4n) is 2.85. The summed E-state index contributed by atoms with van der Waals surface area (Å²) in [6.07, 6.45) is 1.79. The van der Waals surface area contributed by atoms with Crippen LogP contribution in [0.1, 0.15) is 42.6 Å². The molecule has 1 amide bonds. The van der Waals surface area contributed by atoms with E-state index < -0.39 is 0 Å². The van der Waals surface area contributed by atoms with Crippen molar-refractivity contribution >= 4 is 5.91 Å². The van der Waals surface area contributed by atoms with E-state index in [4.69, 9.17) is 9.26 Å². The van der Waals surface area contributed by atoms with Gasteiger partial charge >= 0.3 is 0 Å². The molecule has 0 atom stereocenters. The number of carbonyl (C=O) groups excluding carboxylic acids is 1. The molecule has 0 radical (unpaired) electrons. The maximum absolute atomic E-state index is 12.4. The molecule has 0 spiro atoms. The summed E-state index contributed by atoms with van der Waals surface area (Å²) >= 11 is 0. The third kappa shape index (κ3) is 3.61. The predicted molar refractivity (Wildman–Crippen MR) is 91.2 cm³/mol. The minimum Gasteiger partial charge on any atom is -0.486 e. The van der Waals surface area contributed by atoms with Crippen LogP contribution in [0.15, 0.2) is 34.9 Å². The summed E-state index contributed by atoms with van der Waals surface area (Å²) in [6, 6.07) is 9.80. The van der Waals surface area contributed by atoms with E-state index in [0.29, 0.717) is 24.8 Å². The zero-order valence-corrected chi connectivity index (χ0v) is 14.5. The number of para-hydroxylation sites is 1. The average molecular weight is 328 g/mol. The molecule has 1 fully saturated rings. The number of benzene rings is 1. The number of amides is 1. The predicted octanol–water partition coefficient (Wildman–Crippen LogP) is 3.34. The molecule has 0 unspecified atom stereocenters. The van der Waals surface area contributed by atoms with Crippen LogP contribution < -0.4 is 4.74 Å². The molecule has 128 valence electrons. The van der Waals surface area contributed by atoms with E-state index in [1.807, 2.05) is 18.2 Å². The van der Waals surface area contributed by atoms with Crippen LogP contribution in [0.4, 0.5) is 0 Å². The van der Waals surface area contributed by atoms with Crippen molar-refractivity contribution in [3.8, 4) is 5.75 Å². The van der Waals surface area contributed by atoms with Gasteiger partial charge in [0.15, 0.2) is 0 Å². The monoisotopic (exact) mass is 328 g/mol. The van der Waals surface area contributed by atoms with Gasteiger partial charge in [0.05, 0.1) is 18.8 Å². The Morgan fingerprint density at radius 2 is 2.12 bits per heavy atom. The number of aromatic nitrogens is 1. The van der Waals surface area contributed by atoms with E-state index in [9.17, 15) is 4.79 Å². The zero-order valence-electron chi connectivity index (χ0n) is 14.5. The first kappa shape index (κ1) is 16.6. The standard InChI is InChI=1S/C19H24N2O3/c1-4-14-7-5-6-8-17(14)23-16-11-21(12-16)19(22)18-10-15(20-24-18)9-13(2)3/h5-8,10,13,16H,4,9,11-12H2,1-3H3. The van der Waals surface area contributed by atoms with Crippen molar-refractivity contribution in [3.63, 3.8) is 0 Å². The smallest absolute Gasteiger partial charge is 0.292 e. The lowest BCUT2D eigenvalue weighted by Crippen LogP contribution is -2.56. The van der Waals surface area contributed by atoms with E-state index >= 15 is 0 Å². The van der Waals surface area contributed by atoms with Crippen molar-refractivity contribution in [3.05, 3.63) is 47.3 Å². The summed E-state index contributed by atoms with van der Waals surface area (Å²) in [5, 5.41) is 3.97. The van der Waals surface area contributed by atoms with Crippen molar-refractivity contribution in [2.45, 2.75) is 39.7 Å². The van der Waals surface area contributed by atoms with Crippen molar-refractivity contribution in [1.29, 1.82) is 0 Å². The van der Waals surface area contributed by atoms with Gasteiger partial charge in [0, 0.05) is 6.07 Å². The van der Waals surface area contributed by atoms with Gasteiger partial charge in [-0.3, -0.25) is 4.79 Å². The highest BCUT2D eigenvalue weighted by atomic mass is 16.5. The van der Waals surface area contributed by atoms with Crippen molar-refractivity contribution in [1.82, 2.24) is 10.1 Å². The second-order valence-electron chi connectivity index (χ2n) is 6.69. The van der Waals surface area contributed by atoms with Crippen LogP contribution in [-0.4, -0.2) is 35.2 Å². The van der Waals surface area contributed by atoms with Crippen molar-refractivity contribution in [2.24, 2.45) is 5.92 Å². The molecule has 5 heteroatoms. The second kappa shape index (κ2) is 7.07. The van der Waals surface area contributed by atoms with Crippen LogP contribution in [0.25, 0.3) is 0 Å². The Morgan fingerprint density at radius 1 is 1.38 bits per heavy atom. The molecular weight excluding hydrogens is 304 g/mol. The minimum absolute atomic E-state index is 0.0414. The molecule has 1 aliphatic heterocycles. The molecule has 1 aromatic carbocycles. The van der Waals surface area contributed by atoms with E-state index in [1.165, 1.54) is 5.56 Å². The first-order valence-electron chi connectivity index (χ1n) is 8.56. The van der Waals surface area contributed by atoms with Crippen LogP contribution in [0.5, 0.6) is 5.75 Å². The molecule has 0 saturated carbocycles. The molecular formula is C19H24N2O3. The molecule has 2 heterocycles. The van der Waals surface area contributed by atoms with Crippen molar-refractivity contribution < 1.29 is 14.1 Å². The third-order valence-corrected chi connectivity index (χ3v) is 4.17. The first-order valence-corrected chi connectivity index (χ1v) is 8.56. The van der Waals surface area contributed by atoms with Crippen molar-refractivity contribution in [2.75, 3.05) is 13.1 Å². The van der Waals surface area contributed by atoms with Crippen LogP contribution >= 0.6 is 0 Å². The van der Waals surface area contributed by atoms with E-state index in [0.717, 1.165) is 24.3 Å². The summed E-state index contributed by atoms with van der Waals surface area (Å²) in [6.45, 7) is 7.50. The normalized spacial score (nSPS) is 14.8. The Kier molecular flexibility index (Phi) is 4.88. The Labute approximate surface area is 142 Å². The van der Waals surface area contributed by atoms with Crippen LogP contribution in [0, 0.1) is 5.92 Å². The summed E-state index contributed by atoms with van der Waals surface area (Å²) < 4.78 is 11.2. The Morgan fingerprint density at radius 3 is 2.83 bits per heavy atom. The van der Waals surface area contributed by atoms with Gasteiger partial charge < -0.3 is 14.2 Å². The van der Waals surface area contributed by atoms with Gasteiger partial charge in [0.1, 0.15) is 11.9 Å². The summed E-state index contributed by atoms with van der Waals surface area (Å²) in [7, 11) is 0. The van der Waals surface area contributed by atoms with Crippen LogP contribution in [0.2, 0.25) is 0 Å². The zero-order chi connectivity index (χ0) is 17.1. The van der Waals surface area contributed by atoms with Gasteiger partial charge in [-0.1, -0.05) is 44.1 Å². The van der Waals surface area contributed by atoms with Gasteiger partial charge in [-0.15, -0.1) is 0 Å². The number of nitrogens with zero attached hydrogens (tertiary/aromatic N) is 2. The number of ether oxygens (including phenoxy) is 1. The number of likely N-dealkylation sites (tertiary alicyclic amines) is 1. The van der Waals surface area contributed by atoms with E-state index in [2.05, 4.69) is 32.0 Å². The highest BCUT2D eigenvalue weighted by molar-refractivity contribution is 5.92. The van der Waals surface area contributed by atoms with Gasteiger partial charge in [0.2, 0.25) is 5.76 Å². The summed E-state index contributed by atoms with van der Waals surface area (Å²) in [4.78, 5) is 14.1. The lowest BCUT2D eigenvalue weighted by atomic mass is 10.1. The average Bonchev–Trinajstić information content (AvgIpc) is 2.98. The molecule has 1 aromatic heterocycles. The molecule has 2 aromatic rings. The maximum Gasteiger partial charge on any atom is 0.292 e. The summed E-state index contributed by atoms with van der Waals surface area (Å²) in [5.74, 6) is 1.61. The minimum atomic E-state index is -0.110. The quantitative estimate of drug-likeness (QED) is 0.816. The number of hydrogen-bond donors (Lipinski definition) is 0. The highest BCUT2D eigenvalue weighted by Crippen LogP contribution is 2.24. The molecule has 0 aliphatic carbocycles. The maximum atomic E-state index is 12.4. The lowest BCUT2D eigenvalue weighted by Gasteiger charge is -2.38. The molecule has 0 bridgehead atoms. The Hall–Kier alpha value is -2.30. The van der Waals surface area contributed by atoms with Gasteiger partial charge in [-0.2, -0.15) is 0 Å². The molecule has 5 nitrogen and oxygen atoms in total. The molecule has 3 rings (SSSR count). The highest BCUT2D eigenvalue weighted by Gasteiger charge is 2.34. The van der Waals surface area contributed by atoms with Crippen LogP contribution in [-0.2, 0) is 12.8 Å². The number of carbonyl (C=O) groups is 1. The van der Waals surface area contributed by atoms with Gasteiger partial charge in [-0.25, -0.2) is 0 Å². The SMILES string of the molecule is CCc1ccccc1OC1CN(C(=O)c2cc(CC(C)C)no2)C1. The summed E-state index contributed by atoms with van der Waals surface area (Å²) in [5.41, 5.74) is 2.02. The van der Waals surface area contributed by atoms with E-state index in [1.54, 1.807) is 11.0 Å². The first-order chi connectivity index (χ1) is 11.6. The molecule has 24 heavy (non-hydrogen) atoms. The molecule has 1 aliphatic rings. The number of hydrogen-bond acceptors (Lipinski definition) is 4. The third-order valence-electron chi connectivity index (χ3n) is 4.17. The molecule has 1 saturated heterocycles. The van der Waals surface area contributed by atoms with Gasteiger partial charge in [0.25, 0.3) is 5.91 Å². The molecule has 0 N–H and O–H groups in total. The van der Waals surface area contributed by atoms with Crippen LogP contribution in [0.3, 0.4) is 0 Å². The van der Waals surface area contributed by atoms with E-state index in [-0.39, 0.29) is 12.0 Å².